The van der Waals surface area contributed by atoms with Gasteiger partial charge in [0.1, 0.15) is 0 Å². The highest BCUT2D eigenvalue weighted by Gasteiger charge is 2.46. The highest BCUT2D eigenvalue weighted by molar-refractivity contribution is 7.00. The standard InChI is InChI=1S/C108H79BN4/c1-70-58-91(74-34-14-8-15-35-74)106(93(60-70)82-44-28-42-80(64-82)78-40-26-38-76(62-78)72-30-10-6-11-31-72)112-101-68-85(110-97-50-22-18-46-87(97)88-47-19-23-51-98(88)110)54-56-95(101)109-96-57-55-86(111-99-52-24-20-48-89(99)90-49-21-25-53-100(90)111)69-102(96)113(104-67-84(108(3,4)5)66-103(112)105(104)109)107-92(75-36-16-9-17-37-75)59-71(2)61-94(107)83-45-29-43-81(65-83)79-41-27-39-77(63-79)73-32-12-7-13-33-73/h6-69H,1-5H3. The number of aryl methyl sites for hydroxylation is 2. The lowest BCUT2D eigenvalue weighted by Gasteiger charge is -2.46. The molecule has 2 aromatic heterocycles. The fraction of sp³-hybridized carbons (Fsp3) is 0.0556. The molecule has 17 aromatic carbocycles. The highest BCUT2D eigenvalue weighted by Crippen LogP contribution is 2.55. The Hall–Kier alpha value is -14.0. The quantitative estimate of drug-likeness (QED) is 0.113. The summed E-state index contributed by atoms with van der Waals surface area (Å²) in [6.07, 6.45) is 0. The maximum atomic E-state index is 2.73. The van der Waals surface area contributed by atoms with E-state index in [1.54, 1.807) is 0 Å². The van der Waals surface area contributed by atoms with Crippen LogP contribution in [-0.2, 0) is 5.41 Å². The van der Waals surface area contributed by atoms with Gasteiger partial charge in [-0.25, -0.2) is 0 Å². The third-order valence-electron chi connectivity index (χ3n) is 23.7. The number of nitrogens with zero attached hydrogens (tertiary/aromatic N) is 4. The molecule has 113 heavy (non-hydrogen) atoms. The van der Waals surface area contributed by atoms with E-state index < -0.39 is 0 Å². The average molecular weight is 1440 g/mol. The first-order valence-electron chi connectivity index (χ1n) is 39.5. The zero-order valence-corrected chi connectivity index (χ0v) is 63.8. The van der Waals surface area contributed by atoms with Crippen molar-refractivity contribution in [1.82, 2.24) is 9.13 Å². The zero-order valence-electron chi connectivity index (χ0n) is 63.8. The van der Waals surface area contributed by atoms with E-state index in [4.69, 9.17) is 0 Å². The Bertz CT molecular complexity index is 6490. The molecule has 0 N–H and O–H groups in total. The van der Waals surface area contributed by atoms with Crippen LogP contribution in [0.3, 0.4) is 0 Å². The fourth-order valence-corrected chi connectivity index (χ4v) is 18.5. The van der Waals surface area contributed by atoms with Gasteiger partial charge in [-0.05, 0) is 228 Å². The van der Waals surface area contributed by atoms with Gasteiger partial charge in [-0.1, -0.05) is 300 Å². The molecule has 0 atom stereocenters. The lowest BCUT2D eigenvalue weighted by molar-refractivity contribution is 0.590. The van der Waals surface area contributed by atoms with Gasteiger partial charge in [0.2, 0.25) is 0 Å². The molecule has 2 aliphatic heterocycles. The molecule has 5 heteroatoms. The van der Waals surface area contributed by atoms with Crippen molar-refractivity contribution in [2.75, 3.05) is 9.80 Å². The number of rotatable bonds is 12. The second kappa shape index (κ2) is 26.9. The Morgan fingerprint density at radius 1 is 0.230 bits per heavy atom. The van der Waals surface area contributed by atoms with E-state index in [-0.39, 0.29) is 12.1 Å². The van der Waals surface area contributed by atoms with Gasteiger partial charge < -0.3 is 18.9 Å². The summed E-state index contributed by atoms with van der Waals surface area (Å²) in [6, 6.07) is 146. The zero-order chi connectivity index (χ0) is 75.6. The summed E-state index contributed by atoms with van der Waals surface area (Å²) >= 11 is 0. The van der Waals surface area contributed by atoms with Crippen molar-refractivity contribution < 1.29 is 0 Å². The summed E-state index contributed by atoms with van der Waals surface area (Å²) in [7, 11) is 0. The predicted molar refractivity (Wildman–Crippen MR) is 481 cm³/mol. The van der Waals surface area contributed by atoms with Crippen molar-refractivity contribution in [3.8, 4) is 100 Å². The Morgan fingerprint density at radius 2 is 0.504 bits per heavy atom. The topological polar surface area (TPSA) is 16.3 Å². The van der Waals surface area contributed by atoms with Gasteiger partial charge in [0.15, 0.2) is 0 Å². The first-order valence-corrected chi connectivity index (χ1v) is 39.5. The molecule has 534 valence electrons. The number of benzene rings is 17. The van der Waals surface area contributed by atoms with E-state index in [0.717, 1.165) is 134 Å². The van der Waals surface area contributed by atoms with Gasteiger partial charge in [0.25, 0.3) is 6.71 Å². The lowest BCUT2D eigenvalue weighted by atomic mass is 9.33. The lowest BCUT2D eigenvalue weighted by Crippen LogP contribution is -2.61. The Balaban J connectivity index is 0.897. The molecule has 0 spiro atoms. The molecule has 21 rings (SSSR count). The molecule has 19 aromatic rings. The van der Waals surface area contributed by atoms with Crippen molar-refractivity contribution in [1.29, 1.82) is 0 Å². The van der Waals surface area contributed by atoms with Crippen LogP contribution in [0.15, 0.2) is 388 Å². The molecular weight excluding hydrogens is 1360 g/mol. The molecule has 0 radical (unpaired) electrons. The van der Waals surface area contributed by atoms with E-state index in [2.05, 4.69) is 442 Å². The molecule has 0 amide bonds. The number of fused-ring (bicyclic) bond motifs is 10. The van der Waals surface area contributed by atoms with Crippen molar-refractivity contribution in [2.24, 2.45) is 0 Å². The summed E-state index contributed by atoms with van der Waals surface area (Å²) in [5.41, 5.74) is 38.9. The maximum absolute atomic E-state index is 2.73. The first kappa shape index (κ1) is 67.1. The minimum absolute atomic E-state index is 0.269. The van der Waals surface area contributed by atoms with E-state index in [1.807, 2.05) is 0 Å². The van der Waals surface area contributed by atoms with E-state index in [9.17, 15) is 0 Å². The maximum Gasteiger partial charge on any atom is 0.252 e. The largest absolute Gasteiger partial charge is 0.310 e. The molecule has 4 nitrogen and oxygen atoms in total. The van der Waals surface area contributed by atoms with Crippen LogP contribution in [0.1, 0.15) is 37.5 Å². The van der Waals surface area contributed by atoms with Gasteiger partial charge in [0.05, 0.1) is 33.4 Å². The Labute approximate surface area is 660 Å². The Morgan fingerprint density at radius 3 is 0.841 bits per heavy atom. The van der Waals surface area contributed by atoms with E-state index in [1.165, 1.54) is 76.9 Å². The molecule has 0 bridgehead atoms. The molecular formula is C108H79BN4. The van der Waals surface area contributed by atoms with Crippen LogP contribution in [0.2, 0.25) is 0 Å². The third-order valence-corrected chi connectivity index (χ3v) is 23.7. The van der Waals surface area contributed by atoms with Crippen molar-refractivity contribution >= 4 is 101 Å². The van der Waals surface area contributed by atoms with Crippen LogP contribution in [-0.4, -0.2) is 15.8 Å². The van der Waals surface area contributed by atoms with Crippen molar-refractivity contribution in [3.63, 3.8) is 0 Å². The summed E-state index contributed by atoms with van der Waals surface area (Å²) in [5, 5.41) is 4.88. The number of hydrogen-bond donors (Lipinski definition) is 0. The second-order valence-electron chi connectivity index (χ2n) is 31.7. The molecule has 2 aliphatic rings. The summed E-state index contributed by atoms with van der Waals surface area (Å²) in [5.74, 6) is 0. The van der Waals surface area contributed by atoms with Crippen LogP contribution >= 0.6 is 0 Å². The molecule has 0 fully saturated rings. The van der Waals surface area contributed by atoms with Crippen molar-refractivity contribution in [3.05, 3.63) is 405 Å². The molecule has 0 unspecified atom stereocenters. The van der Waals surface area contributed by atoms with Crippen LogP contribution in [0.4, 0.5) is 34.1 Å². The van der Waals surface area contributed by atoms with Gasteiger partial charge >= 0.3 is 0 Å². The number of para-hydroxylation sites is 4. The summed E-state index contributed by atoms with van der Waals surface area (Å²) < 4.78 is 5.01. The minimum atomic E-state index is -0.365. The number of anilines is 6. The molecule has 0 saturated carbocycles. The van der Waals surface area contributed by atoms with Crippen molar-refractivity contribution in [2.45, 2.75) is 40.0 Å². The van der Waals surface area contributed by atoms with E-state index in [0.29, 0.717) is 0 Å². The number of hydrogen-bond acceptors (Lipinski definition) is 2. The van der Waals surface area contributed by atoms with Gasteiger partial charge in [-0.15, -0.1) is 0 Å². The highest BCUT2D eigenvalue weighted by atomic mass is 15.2. The second-order valence-corrected chi connectivity index (χ2v) is 31.7. The monoisotopic (exact) mass is 1440 g/mol. The van der Waals surface area contributed by atoms with Crippen LogP contribution in [0.5, 0.6) is 0 Å². The predicted octanol–water partition coefficient (Wildman–Crippen LogP) is 27.2. The van der Waals surface area contributed by atoms with E-state index >= 15 is 0 Å². The first-order chi connectivity index (χ1) is 55.5. The number of aromatic nitrogens is 2. The van der Waals surface area contributed by atoms with Gasteiger partial charge in [-0.2, -0.15) is 0 Å². The van der Waals surface area contributed by atoms with Crippen LogP contribution in [0, 0.1) is 13.8 Å². The third kappa shape index (κ3) is 11.4. The SMILES string of the molecule is Cc1cc(-c2ccccc2)c(N2c3cc(-n4c5ccccc5c5ccccc54)ccc3B3c4ccc(-n5c6ccccc6c6ccccc65)cc4N(c4c(-c5ccccc5)cc(C)cc4-c4cccc(-c5cccc(-c6ccccc6)c5)c4)c4cc(C(C)(C)C)cc2c43)c(-c2cccc(-c3cccc(-c4ccccc4)c3)c2)c1. The fourth-order valence-electron chi connectivity index (χ4n) is 18.5. The minimum Gasteiger partial charge on any atom is -0.310 e. The van der Waals surface area contributed by atoms with Crippen LogP contribution < -0.4 is 26.2 Å². The smallest absolute Gasteiger partial charge is 0.252 e. The normalized spacial score (nSPS) is 12.4. The summed E-state index contributed by atoms with van der Waals surface area (Å²) in [4.78, 5) is 5.46. The molecule has 0 aliphatic carbocycles. The molecule has 0 saturated heterocycles. The van der Waals surface area contributed by atoms with Crippen LogP contribution in [0.25, 0.3) is 144 Å². The van der Waals surface area contributed by atoms with Gasteiger partial charge in [-0.3, -0.25) is 0 Å². The average Bonchev–Trinajstić information content (AvgIpc) is 0.893. The van der Waals surface area contributed by atoms with Gasteiger partial charge in [0, 0.05) is 77.9 Å². The summed E-state index contributed by atoms with van der Waals surface area (Å²) in [6.45, 7) is 11.5. The Kier molecular flexibility index (Phi) is 16.0. The molecule has 4 heterocycles.